The Morgan fingerprint density at radius 1 is 1.20 bits per heavy atom. The summed E-state index contributed by atoms with van der Waals surface area (Å²) in [7, 11) is 1.62. The fourth-order valence-corrected chi connectivity index (χ4v) is 2.39. The molecule has 3 rings (SSSR count). The van der Waals surface area contributed by atoms with Gasteiger partial charge in [0.15, 0.2) is 0 Å². The number of fused-ring (bicyclic) bond motifs is 1. The monoisotopic (exact) mass is 290 g/mol. The molecule has 5 heteroatoms. The molecule has 0 atom stereocenters. The van der Waals surface area contributed by atoms with E-state index in [0.29, 0.717) is 11.3 Å². The van der Waals surface area contributed by atoms with Gasteiger partial charge in [-0.2, -0.15) is 0 Å². The lowest BCUT2D eigenvalue weighted by molar-refractivity contribution is 0.414. The highest BCUT2D eigenvalue weighted by molar-refractivity contribution is 6.17. The standard InChI is InChI=1S/C15H12ClFN2O/c1-20-12-5-3-11(4-6-12)19-14-7-2-10(17)8-13(14)18-15(19)9-16/h2-8H,9H2,1H3. The van der Waals surface area contributed by atoms with Crippen molar-refractivity contribution >= 4 is 22.6 Å². The van der Waals surface area contributed by atoms with E-state index in [0.717, 1.165) is 17.0 Å². The molecular weight excluding hydrogens is 279 g/mol. The molecule has 20 heavy (non-hydrogen) atoms. The topological polar surface area (TPSA) is 27.1 Å². The normalized spacial score (nSPS) is 10.9. The van der Waals surface area contributed by atoms with E-state index in [9.17, 15) is 4.39 Å². The van der Waals surface area contributed by atoms with Crippen molar-refractivity contribution in [2.24, 2.45) is 0 Å². The molecule has 0 bridgehead atoms. The molecule has 102 valence electrons. The minimum atomic E-state index is -0.307. The van der Waals surface area contributed by atoms with Crippen molar-refractivity contribution in [3.8, 4) is 11.4 Å². The Kier molecular flexibility index (Phi) is 3.32. The van der Waals surface area contributed by atoms with Gasteiger partial charge in [0, 0.05) is 11.8 Å². The third-order valence-electron chi connectivity index (χ3n) is 3.14. The molecule has 0 fully saturated rings. The Bertz CT molecular complexity index is 752. The van der Waals surface area contributed by atoms with Crippen LogP contribution in [0.15, 0.2) is 42.5 Å². The fraction of sp³-hybridized carbons (Fsp3) is 0.133. The summed E-state index contributed by atoms with van der Waals surface area (Å²) in [5, 5.41) is 0. The minimum absolute atomic E-state index is 0.252. The van der Waals surface area contributed by atoms with Gasteiger partial charge in [-0.05, 0) is 36.4 Å². The quantitative estimate of drug-likeness (QED) is 0.684. The smallest absolute Gasteiger partial charge is 0.129 e. The van der Waals surface area contributed by atoms with Crippen LogP contribution in [0.25, 0.3) is 16.7 Å². The molecule has 3 aromatic rings. The molecule has 1 heterocycles. The molecular formula is C15H12ClFN2O. The van der Waals surface area contributed by atoms with Gasteiger partial charge >= 0.3 is 0 Å². The SMILES string of the molecule is COc1ccc(-n2c(CCl)nc3cc(F)ccc32)cc1. The molecule has 0 aliphatic carbocycles. The average Bonchev–Trinajstić information content (AvgIpc) is 2.84. The number of hydrogen-bond donors (Lipinski definition) is 0. The molecule has 0 saturated carbocycles. The summed E-state index contributed by atoms with van der Waals surface area (Å²) < 4.78 is 20.3. The van der Waals surface area contributed by atoms with Crippen LogP contribution in [-0.2, 0) is 5.88 Å². The Morgan fingerprint density at radius 2 is 1.95 bits per heavy atom. The Hall–Kier alpha value is -2.07. The van der Waals surface area contributed by atoms with Gasteiger partial charge in [-0.3, -0.25) is 4.57 Å². The van der Waals surface area contributed by atoms with Crippen molar-refractivity contribution in [2.75, 3.05) is 7.11 Å². The maximum Gasteiger partial charge on any atom is 0.129 e. The minimum Gasteiger partial charge on any atom is -0.497 e. The predicted octanol–water partition coefficient (Wildman–Crippen LogP) is 3.91. The molecule has 2 aromatic carbocycles. The first-order valence-corrected chi connectivity index (χ1v) is 6.63. The van der Waals surface area contributed by atoms with Crippen LogP contribution in [0.2, 0.25) is 0 Å². The molecule has 3 nitrogen and oxygen atoms in total. The van der Waals surface area contributed by atoms with Crippen LogP contribution in [0.1, 0.15) is 5.82 Å². The number of aromatic nitrogens is 2. The Morgan fingerprint density at radius 3 is 2.60 bits per heavy atom. The number of hydrogen-bond acceptors (Lipinski definition) is 2. The lowest BCUT2D eigenvalue weighted by atomic mass is 10.2. The van der Waals surface area contributed by atoms with Gasteiger partial charge < -0.3 is 4.74 Å². The van der Waals surface area contributed by atoms with Crippen LogP contribution in [0.3, 0.4) is 0 Å². The summed E-state index contributed by atoms with van der Waals surface area (Å²) in [6, 6.07) is 12.1. The maximum atomic E-state index is 13.3. The number of rotatable bonds is 3. The van der Waals surface area contributed by atoms with E-state index in [2.05, 4.69) is 4.98 Å². The second-order valence-corrected chi connectivity index (χ2v) is 4.60. The number of imidazole rings is 1. The van der Waals surface area contributed by atoms with Crippen molar-refractivity contribution in [2.45, 2.75) is 5.88 Å². The zero-order chi connectivity index (χ0) is 14.1. The average molecular weight is 291 g/mol. The summed E-state index contributed by atoms with van der Waals surface area (Å²) in [6.45, 7) is 0. The van der Waals surface area contributed by atoms with Gasteiger partial charge in [-0.15, -0.1) is 11.6 Å². The first-order chi connectivity index (χ1) is 9.72. The molecule has 0 unspecified atom stereocenters. The molecule has 0 radical (unpaired) electrons. The van der Waals surface area contributed by atoms with E-state index in [1.165, 1.54) is 12.1 Å². The first-order valence-electron chi connectivity index (χ1n) is 6.10. The van der Waals surface area contributed by atoms with Crippen molar-refractivity contribution in [1.82, 2.24) is 9.55 Å². The van der Waals surface area contributed by atoms with Crippen LogP contribution in [-0.4, -0.2) is 16.7 Å². The van der Waals surface area contributed by atoms with Gasteiger partial charge in [0.2, 0.25) is 0 Å². The highest BCUT2D eigenvalue weighted by Crippen LogP contribution is 2.24. The van der Waals surface area contributed by atoms with Crippen LogP contribution >= 0.6 is 11.6 Å². The van der Waals surface area contributed by atoms with Crippen LogP contribution in [0.4, 0.5) is 4.39 Å². The summed E-state index contributed by atoms with van der Waals surface area (Å²) in [5.41, 5.74) is 2.33. The Balaban J connectivity index is 2.22. The molecule has 0 aliphatic rings. The van der Waals surface area contributed by atoms with Gasteiger partial charge in [0.25, 0.3) is 0 Å². The van der Waals surface area contributed by atoms with Crippen LogP contribution in [0, 0.1) is 5.82 Å². The van der Waals surface area contributed by atoms with E-state index in [1.54, 1.807) is 13.2 Å². The van der Waals surface area contributed by atoms with Crippen molar-refractivity contribution in [3.63, 3.8) is 0 Å². The van der Waals surface area contributed by atoms with Crippen molar-refractivity contribution < 1.29 is 9.13 Å². The molecule has 0 amide bonds. The highest BCUT2D eigenvalue weighted by Gasteiger charge is 2.12. The number of halogens is 2. The second-order valence-electron chi connectivity index (χ2n) is 4.33. The van der Waals surface area contributed by atoms with E-state index >= 15 is 0 Å². The summed E-state index contributed by atoms with van der Waals surface area (Å²) >= 11 is 5.95. The molecule has 0 aliphatic heterocycles. The summed E-state index contributed by atoms with van der Waals surface area (Å²) in [6.07, 6.45) is 0. The van der Waals surface area contributed by atoms with Crippen LogP contribution < -0.4 is 4.74 Å². The summed E-state index contributed by atoms with van der Waals surface area (Å²) in [5.74, 6) is 1.40. The lowest BCUT2D eigenvalue weighted by Crippen LogP contribution is -1.99. The van der Waals surface area contributed by atoms with Gasteiger partial charge in [-0.25, -0.2) is 9.37 Å². The predicted molar refractivity (Wildman–Crippen MR) is 77.1 cm³/mol. The fourth-order valence-electron chi connectivity index (χ4n) is 2.21. The van der Waals surface area contributed by atoms with E-state index in [1.807, 2.05) is 28.8 Å². The number of alkyl halides is 1. The Labute approximate surface area is 120 Å². The molecule has 1 aromatic heterocycles. The lowest BCUT2D eigenvalue weighted by Gasteiger charge is -2.08. The third-order valence-corrected chi connectivity index (χ3v) is 3.38. The zero-order valence-electron chi connectivity index (χ0n) is 10.8. The van der Waals surface area contributed by atoms with Crippen LogP contribution in [0.5, 0.6) is 5.75 Å². The van der Waals surface area contributed by atoms with Gasteiger partial charge in [-0.1, -0.05) is 0 Å². The largest absolute Gasteiger partial charge is 0.497 e. The number of benzene rings is 2. The van der Waals surface area contributed by atoms with E-state index < -0.39 is 0 Å². The molecule has 0 spiro atoms. The number of methoxy groups -OCH3 is 1. The number of ether oxygens (including phenoxy) is 1. The maximum absolute atomic E-state index is 13.3. The first kappa shape index (κ1) is 12.9. The van der Waals surface area contributed by atoms with Crippen molar-refractivity contribution in [1.29, 1.82) is 0 Å². The summed E-state index contributed by atoms with van der Waals surface area (Å²) in [4.78, 5) is 4.37. The molecule has 0 saturated heterocycles. The van der Waals surface area contributed by atoms with Crippen molar-refractivity contribution in [3.05, 3.63) is 54.1 Å². The van der Waals surface area contributed by atoms with E-state index in [4.69, 9.17) is 16.3 Å². The zero-order valence-corrected chi connectivity index (χ0v) is 11.6. The van der Waals surface area contributed by atoms with Gasteiger partial charge in [0.1, 0.15) is 17.4 Å². The highest BCUT2D eigenvalue weighted by atomic mass is 35.5. The number of nitrogens with zero attached hydrogens (tertiary/aromatic N) is 2. The van der Waals surface area contributed by atoms with Gasteiger partial charge in [0.05, 0.1) is 24.0 Å². The third kappa shape index (κ3) is 2.12. The molecule has 0 N–H and O–H groups in total. The second kappa shape index (κ2) is 5.13. The van der Waals surface area contributed by atoms with E-state index in [-0.39, 0.29) is 11.7 Å².